The summed E-state index contributed by atoms with van der Waals surface area (Å²) in [5.41, 5.74) is 0.335. The van der Waals surface area contributed by atoms with Crippen LogP contribution in [0.3, 0.4) is 0 Å². The smallest absolute Gasteiger partial charge is 0.309 e. The van der Waals surface area contributed by atoms with Gasteiger partial charge in [0.1, 0.15) is 11.8 Å². The highest BCUT2D eigenvalue weighted by Crippen LogP contribution is 2.34. The number of ether oxygens (including phenoxy) is 3. The van der Waals surface area contributed by atoms with E-state index in [0.29, 0.717) is 28.1 Å². The molecule has 1 heterocycles. The van der Waals surface area contributed by atoms with Gasteiger partial charge < -0.3 is 14.2 Å². The molecule has 2 rings (SSSR count). The van der Waals surface area contributed by atoms with Gasteiger partial charge in [-0.3, -0.25) is 14.6 Å². The van der Waals surface area contributed by atoms with Gasteiger partial charge in [-0.1, -0.05) is 51.7 Å². The third-order valence-electron chi connectivity index (χ3n) is 5.68. The van der Waals surface area contributed by atoms with Crippen LogP contribution in [0, 0.1) is 17.8 Å². The monoisotopic (exact) mass is 421 g/mol. The Bertz CT molecular complexity index is 745. The SMILES string of the molecule is COc1ccnc(C(=S)C[C@@H](C)C(=O)O[C@@H](C)[C@@H](C)C2CCCC2)c1OC(C)=O. The number of rotatable bonds is 9. The van der Waals surface area contributed by atoms with Crippen molar-refractivity contribution in [3.05, 3.63) is 18.0 Å². The Morgan fingerprint density at radius 2 is 1.90 bits per heavy atom. The summed E-state index contributed by atoms with van der Waals surface area (Å²) in [6, 6.07) is 1.59. The van der Waals surface area contributed by atoms with Crippen LogP contribution in [-0.2, 0) is 14.3 Å². The maximum absolute atomic E-state index is 12.6. The van der Waals surface area contributed by atoms with Crippen molar-refractivity contribution in [3.63, 3.8) is 0 Å². The molecule has 1 fully saturated rings. The molecule has 0 aromatic carbocycles. The van der Waals surface area contributed by atoms with Gasteiger partial charge in [0.2, 0.25) is 0 Å². The highest BCUT2D eigenvalue weighted by molar-refractivity contribution is 7.80. The lowest BCUT2D eigenvalue weighted by Gasteiger charge is -2.26. The zero-order valence-electron chi connectivity index (χ0n) is 17.9. The second kappa shape index (κ2) is 10.7. The van der Waals surface area contributed by atoms with Crippen molar-refractivity contribution in [2.75, 3.05) is 7.11 Å². The first kappa shape index (κ1) is 23.3. The Morgan fingerprint density at radius 1 is 1.24 bits per heavy atom. The van der Waals surface area contributed by atoms with E-state index in [4.69, 9.17) is 26.4 Å². The highest BCUT2D eigenvalue weighted by atomic mass is 32.1. The molecule has 0 spiro atoms. The van der Waals surface area contributed by atoms with Crippen molar-refractivity contribution in [2.45, 2.75) is 65.9 Å². The molecule has 1 aromatic rings. The van der Waals surface area contributed by atoms with Crippen molar-refractivity contribution in [3.8, 4) is 11.5 Å². The number of aromatic nitrogens is 1. The van der Waals surface area contributed by atoms with E-state index in [1.807, 2.05) is 6.92 Å². The van der Waals surface area contributed by atoms with Gasteiger partial charge in [0.25, 0.3) is 0 Å². The zero-order valence-corrected chi connectivity index (χ0v) is 18.7. The van der Waals surface area contributed by atoms with Gasteiger partial charge in [-0.2, -0.15) is 0 Å². The van der Waals surface area contributed by atoms with Gasteiger partial charge >= 0.3 is 11.9 Å². The van der Waals surface area contributed by atoms with Crippen LogP contribution < -0.4 is 9.47 Å². The van der Waals surface area contributed by atoms with Crippen LogP contribution in [0.15, 0.2) is 12.3 Å². The molecule has 0 unspecified atom stereocenters. The Kier molecular flexibility index (Phi) is 8.56. The molecule has 6 nitrogen and oxygen atoms in total. The predicted molar refractivity (Wildman–Crippen MR) is 114 cm³/mol. The molecule has 1 aliphatic rings. The number of esters is 2. The molecule has 7 heteroatoms. The van der Waals surface area contributed by atoms with Gasteiger partial charge in [0, 0.05) is 24.1 Å². The molecule has 0 N–H and O–H groups in total. The highest BCUT2D eigenvalue weighted by Gasteiger charge is 2.29. The minimum absolute atomic E-state index is 0.131. The van der Waals surface area contributed by atoms with E-state index in [0.717, 1.165) is 0 Å². The summed E-state index contributed by atoms with van der Waals surface area (Å²) >= 11 is 5.50. The van der Waals surface area contributed by atoms with Crippen LogP contribution in [0.1, 0.15) is 65.5 Å². The van der Waals surface area contributed by atoms with Crippen molar-refractivity contribution in [1.82, 2.24) is 4.98 Å². The summed E-state index contributed by atoms with van der Waals surface area (Å²) in [5, 5.41) is 0. The predicted octanol–water partition coefficient (Wildman–Crippen LogP) is 4.52. The van der Waals surface area contributed by atoms with Crippen LogP contribution in [0.4, 0.5) is 0 Å². The van der Waals surface area contributed by atoms with E-state index in [-0.39, 0.29) is 24.2 Å². The minimum atomic E-state index is -0.498. The van der Waals surface area contributed by atoms with Crippen LogP contribution in [0.2, 0.25) is 0 Å². The van der Waals surface area contributed by atoms with Gasteiger partial charge in [-0.15, -0.1) is 0 Å². The minimum Gasteiger partial charge on any atom is -0.493 e. The number of methoxy groups -OCH3 is 1. The standard InChI is InChI=1S/C22H31NO5S/c1-13(22(25)27-15(3)14(2)17-8-6-7-9-17)12-19(29)20-21(28-16(4)24)18(26-5)10-11-23-20/h10-11,13-15,17H,6-9,12H2,1-5H3/t13-,14-,15+/m1/s1. The summed E-state index contributed by atoms with van der Waals surface area (Å²) in [6.45, 7) is 7.21. The average molecular weight is 422 g/mol. The number of hydrogen-bond donors (Lipinski definition) is 0. The topological polar surface area (TPSA) is 74.7 Å². The molecule has 1 aliphatic carbocycles. The summed E-state index contributed by atoms with van der Waals surface area (Å²) < 4.78 is 16.2. The lowest BCUT2D eigenvalue weighted by Crippen LogP contribution is -2.30. The first-order valence-electron chi connectivity index (χ1n) is 10.2. The van der Waals surface area contributed by atoms with Crippen LogP contribution in [-0.4, -0.2) is 35.0 Å². The van der Waals surface area contributed by atoms with E-state index in [2.05, 4.69) is 11.9 Å². The molecular formula is C22H31NO5S. The molecule has 1 aromatic heterocycles. The Hall–Kier alpha value is -2.02. The summed E-state index contributed by atoms with van der Waals surface area (Å²) in [5.74, 6) is 0.304. The number of carbonyl (C=O) groups excluding carboxylic acids is 2. The van der Waals surface area contributed by atoms with Gasteiger partial charge in [0.05, 0.1) is 13.0 Å². The van der Waals surface area contributed by atoms with Crippen LogP contribution >= 0.6 is 12.2 Å². The molecular weight excluding hydrogens is 390 g/mol. The fraction of sp³-hybridized carbons (Fsp3) is 0.636. The molecule has 0 saturated heterocycles. The average Bonchev–Trinajstić information content (AvgIpc) is 3.21. The van der Waals surface area contributed by atoms with Crippen molar-refractivity contribution in [1.29, 1.82) is 0 Å². The fourth-order valence-electron chi connectivity index (χ4n) is 3.76. The lowest BCUT2D eigenvalue weighted by atomic mass is 9.88. The van der Waals surface area contributed by atoms with Crippen molar-refractivity contribution in [2.24, 2.45) is 17.8 Å². The number of hydrogen-bond acceptors (Lipinski definition) is 7. The van der Waals surface area contributed by atoms with E-state index < -0.39 is 11.9 Å². The second-order valence-corrected chi connectivity index (χ2v) is 8.35. The van der Waals surface area contributed by atoms with Gasteiger partial charge in [-0.05, 0) is 25.2 Å². The molecule has 3 atom stereocenters. The van der Waals surface area contributed by atoms with Crippen molar-refractivity contribution >= 4 is 29.0 Å². The van der Waals surface area contributed by atoms with E-state index in [9.17, 15) is 9.59 Å². The third kappa shape index (κ3) is 6.23. The lowest BCUT2D eigenvalue weighted by molar-refractivity contribution is -0.155. The number of carbonyl (C=O) groups is 2. The quantitative estimate of drug-likeness (QED) is 0.330. The summed E-state index contributed by atoms with van der Waals surface area (Å²) in [6.07, 6.45) is 6.62. The van der Waals surface area contributed by atoms with E-state index in [1.165, 1.54) is 45.9 Å². The summed E-state index contributed by atoms with van der Waals surface area (Å²) in [7, 11) is 1.47. The maximum Gasteiger partial charge on any atom is 0.309 e. The van der Waals surface area contributed by atoms with Crippen LogP contribution in [0.5, 0.6) is 11.5 Å². The number of pyridine rings is 1. The largest absolute Gasteiger partial charge is 0.493 e. The molecule has 29 heavy (non-hydrogen) atoms. The maximum atomic E-state index is 12.6. The van der Waals surface area contributed by atoms with E-state index >= 15 is 0 Å². The molecule has 1 saturated carbocycles. The number of nitrogens with zero attached hydrogens (tertiary/aromatic N) is 1. The Labute approximate surface area is 178 Å². The first-order chi connectivity index (χ1) is 13.7. The zero-order chi connectivity index (χ0) is 21.6. The van der Waals surface area contributed by atoms with Gasteiger partial charge in [-0.25, -0.2) is 0 Å². The Morgan fingerprint density at radius 3 is 2.48 bits per heavy atom. The van der Waals surface area contributed by atoms with Gasteiger partial charge in [0.15, 0.2) is 11.5 Å². The number of thiocarbonyl (C=S) groups is 1. The fourth-order valence-corrected chi connectivity index (χ4v) is 4.16. The molecule has 0 aliphatic heterocycles. The first-order valence-corrected chi connectivity index (χ1v) is 10.6. The Balaban J connectivity index is 2.02. The third-order valence-corrected chi connectivity index (χ3v) is 6.04. The van der Waals surface area contributed by atoms with Crippen LogP contribution in [0.25, 0.3) is 0 Å². The molecule has 0 amide bonds. The summed E-state index contributed by atoms with van der Waals surface area (Å²) in [4.78, 5) is 28.7. The van der Waals surface area contributed by atoms with Crippen molar-refractivity contribution < 1.29 is 23.8 Å². The molecule has 0 bridgehead atoms. The second-order valence-electron chi connectivity index (χ2n) is 7.86. The van der Waals surface area contributed by atoms with E-state index in [1.54, 1.807) is 13.0 Å². The molecule has 0 radical (unpaired) electrons. The normalized spacial score (nSPS) is 17.3. The molecule has 160 valence electrons.